The largest absolute Gasteiger partial charge is 0.480 e. The van der Waals surface area contributed by atoms with Crippen LogP contribution >= 0.6 is 0 Å². The summed E-state index contributed by atoms with van der Waals surface area (Å²) in [5.41, 5.74) is 5.96. The molecule has 1 aromatic heterocycles. The van der Waals surface area contributed by atoms with Gasteiger partial charge in [0, 0.05) is 17.1 Å². The fourth-order valence-corrected chi connectivity index (χ4v) is 1.86. The number of nitrogens with two attached hydrogens (primary N) is 1. The minimum atomic E-state index is -1.35. The van der Waals surface area contributed by atoms with Crippen LogP contribution < -0.4 is 11.1 Å². The van der Waals surface area contributed by atoms with Gasteiger partial charge < -0.3 is 16.2 Å². The maximum absolute atomic E-state index is 12.0. The van der Waals surface area contributed by atoms with E-state index in [0.717, 1.165) is 10.9 Å². The molecular weight excluding hydrogens is 274 g/mol. The molecule has 108 valence electrons. The van der Waals surface area contributed by atoms with Gasteiger partial charge in [-0.05, 0) is 24.3 Å². The predicted molar refractivity (Wildman–Crippen MR) is 74.4 cm³/mol. The molecule has 2 rings (SSSR count). The zero-order chi connectivity index (χ0) is 15.4. The molecule has 0 aliphatic carbocycles. The first-order valence-corrected chi connectivity index (χ1v) is 6.14. The Morgan fingerprint density at radius 2 is 2.05 bits per heavy atom. The van der Waals surface area contributed by atoms with Crippen molar-refractivity contribution in [2.45, 2.75) is 12.5 Å². The fraction of sp³-hybridized carbons (Fsp3) is 0.143. The van der Waals surface area contributed by atoms with Crippen LogP contribution in [0.3, 0.4) is 0 Å². The molecule has 0 fully saturated rings. The molecule has 0 spiro atoms. The topological polar surface area (TPSA) is 122 Å². The summed E-state index contributed by atoms with van der Waals surface area (Å²) < 4.78 is 0. The molecule has 2 aromatic rings. The molecule has 1 atom stereocenters. The second-order valence-corrected chi connectivity index (χ2v) is 4.45. The number of primary amides is 1. The molecule has 1 aromatic carbocycles. The standard InChI is InChI=1S/C14H13N3O4/c15-12(18)7-11(14(20)21)17-13(19)9-3-4-10-8(6-9)2-1-5-16-10/h1-6,11H,7H2,(H2,15,18)(H,17,19)(H,20,21). The van der Waals surface area contributed by atoms with Crippen LogP contribution in [0.4, 0.5) is 0 Å². The summed E-state index contributed by atoms with van der Waals surface area (Å²) in [6.07, 6.45) is 1.17. The molecule has 21 heavy (non-hydrogen) atoms. The molecule has 0 radical (unpaired) electrons. The Balaban J connectivity index is 2.20. The van der Waals surface area contributed by atoms with Gasteiger partial charge in [-0.2, -0.15) is 0 Å². The van der Waals surface area contributed by atoms with Gasteiger partial charge in [0.05, 0.1) is 11.9 Å². The highest BCUT2D eigenvalue weighted by Crippen LogP contribution is 2.13. The van der Waals surface area contributed by atoms with Gasteiger partial charge in [0.15, 0.2) is 0 Å². The summed E-state index contributed by atoms with van der Waals surface area (Å²) in [5.74, 6) is -2.70. The molecule has 0 aliphatic heterocycles. The van der Waals surface area contributed by atoms with Crippen molar-refractivity contribution < 1.29 is 19.5 Å². The first kappa shape index (κ1) is 14.4. The zero-order valence-corrected chi connectivity index (χ0v) is 10.9. The van der Waals surface area contributed by atoms with Crippen molar-refractivity contribution in [1.29, 1.82) is 0 Å². The number of aliphatic carboxylic acids is 1. The fourth-order valence-electron chi connectivity index (χ4n) is 1.86. The number of carbonyl (C=O) groups excluding carboxylic acids is 2. The summed E-state index contributed by atoms with van der Waals surface area (Å²) in [7, 11) is 0. The lowest BCUT2D eigenvalue weighted by Crippen LogP contribution is -2.43. The van der Waals surface area contributed by atoms with Crippen LogP contribution in [0.2, 0.25) is 0 Å². The van der Waals surface area contributed by atoms with Crippen LogP contribution in [0.15, 0.2) is 36.5 Å². The van der Waals surface area contributed by atoms with Crippen molar-refractivity contribution in [2.75, 3.05) is 0 Å². The second-order valence-electron chi connectivity index (χ2n) is 4.45. The van der Waals surface area contributed by atoms with E-state index in [2.05, 4.69) is 10.3 Å². The van der Waals surface area contributed by atoms with E-state index in [1.165, 1.54) is 6.07 Å². The van der Waals surface area contributed by atoms with Gasteiger partial charge in [0.1, 0.15) is 6.04 Å². The molecule has 7 heteroatoms. The van der Waals surface area contributed by atoms with Crippen molar-refractivity contribution >= 4 is 28.7 Å². The molecular formula is C14H13N3O4. The minimum Gasteiger partial charge on any atom is -0.480 e. The lowest BCUT2D eigenvalue weighted by molar-refractivity contribution is -0.140. The van der Waals surface area contributed by atoms with Crippen LogP contribution in [-0.4, -0.2) is 33.9 Å². The summed E-state index contributed by atoms with van der Waals surface area (Å²) in [5, 5.41) is 12.0. The van der Waals surface area contributed by atoms with Gasteiger partial charge in [-0.25, -0.2) is 4.79 Å². The molecule has 2 amide bonds. The second kappa shape index (κ2) is 6.00. The van der Waals surface area contributed by atoms with E-state index < -0.39 is 30.2 Å². The molecule has 0 aliphatic rings. The van der Waals surface area contributed by atoms with Crippen LogP contribution in [0.5, 0.6) is 0 Å². The van der Waals surface area contributed by atoms with Crippen molar-refractivity contribution in [1.82, 2.24) is 10.3 Å². The Kier molecular flexibility index (Phi) is 4.13. The number of hydrogen-bond donors (Lipinski definition) is 3. The molecule has 1 unspecified atom stereocenters. The number of amides is 2. The highest BCUT2D eigenvalue weighted by atomic mass is 16.4. The van der Waals surface area contributed by atoms with Gasteiger partial charge >= 0.3 is 5.97 Å². The number of hydrogen-bond acceptors (Lipinski definition) is 4. The van der Waals surface area contributed by atoms with E-state index in [9.17, 15) is 14.4 Å². The normalized spacial score (nSPS) is 11.8. The van der Waals surface area contributed by atoms with Crippen LogP contribution in [0.25, 0.3) is 10.9 Å². The van der Waals surface area contributed by atoms with E-state index >= 15 is 0 Å². The molecule has 7 nitrogen and oxygen atoms in total. The minimum absolute atomic E-state index is 0.284. The van der Waals surface area contributed by atoms with E-state index in [1.807, 2.05) is 0 Å². The van der Waals surface area contributed by atoms with Gasteiger partial charge in [-0.1, -0.05) is 6.07 Å². The van der Waals surface area contributed by atoms with Gasteiger partial charge in [-0.15, -0.1) is 0 Å². The van der Waals surface area contributed by atoms with Crippen molar-refractivity contribution in [3.8, 4) is 0 Å². The SMILES string of the molecule is NC(=O)CC(NC(=O)c1ccc2ncccc2c1)C(=O)O. The first-order chi connectivity index (χ1) is 9.97. The average Bonchev–Trinajstić information content (AvgIpc) is 2.45. The maximum atomic E-state index is 12.0. The summed E-state index contributed by atoms with van der Waals surface area (Å²) >= 11 is 0. The lowest BCUT2D eigenvalue weighted by atomic mass is 10.1. The van der Waals surface area contributed by atoms with Crippen molar-refractivity contribution in [3.05, 3.63) is 42.1 Å². The van der Waals surface area contributed by atoms with E-state index in [-0.39, 0.29) is 5.56 Å². The summed E-state index contributed by atoms with van der Waals surface area (Å²) in [6.45, 7) is 0. The van der Waals surface area contributed by atoms with E-state index in [0.29, 0.717) is 0 Å². The van der Waals surface area contributed by atoms with Gasteiger partial charge in [0.2, 0.25) is 5.91 Å². The highest BCUT2D eigenvalue weighted by Gasteiger charge is 2.22. The summed E-state index contributed by atoms with van der Waals surface area (Å²) in [4.78, 5) is 37.9. The smallest absolute Gasteiger partial charge is 0.326 e. The Morgan fingerprint density at radius 1 is 1.29 bits per heavy atom. The number of pyridine rings is 1. The molecule has 0 saturated carbocycles. The number of rotatable bonds is 5. The number of benzene rings is 1. The van der Waals surface area contributed by atoms with Crippen LogP contribution in [0, 0.1) is 0 Å². The number of nitrogens with one attached hydrogen (secondary N) is 1. The molecule has 0 bridgehead atoms. The number of aromatic nitrogens is 1. The van der Waals surface area contributed by atoms with Crippen LogP contribution in [0.1, 0.15) is 16.8 Å². The third-order valence-electron chi connectivity index (χ3n) is 2.87. The maximum Gasteiger partial charge on any atom is 0.326 e. The van der Waals surface area contributed by atoms with Crippen molar-refractivity contribution in [3.63, 3.8) is 0 Å². The Labute approximate surface area is 119 Å². The molecule has 1 heterocycles. The lowest BCUT2D eigenvalue weighted by Gasteiger charge is -2.13. The number of fused-ring (bicyclic) bond motifs is 1. The Bertz CT molecular complexity index is 714. The quantitative estimate of drug-likeness (QED) is 0.729. The van der Waals surface area contributed by atoms with Crippen LogP contribution in [-0.2, 0) is 9.59 Å². The van der Waals surface area contributed by atoms with E-state index in [4.69, 9.17) is 10.8 Å². The summed E-state index contributed by atoms with van der Waals surface area (Å²) in [6, 6.07) is 6.97. The monoisotopic (exact) mass is 287 g/mol. The Morgan fingerprint density at radius 3 is 2.71 bits per heavy atom. The average molecular weight is 287 g/mol. The van der Waals surface area contributed by atoms with E-state index in [1.54, 1.807) is 30.5 Å². The predicted octanol–water partition coefficient (Wildman–Crippen LogP) is 0.293. The number of carboxylic acid groups (broad SMARTS) is 1. The number of carboxylic acids is 1. The third-order valence-corrected chi connectivity index (χ3v) is 2.87. The zero-order valence-electron chi connectivity index (χ0n) is 10.9. The van der Waals surface area contributed by atoms with Crippen molar-refractivity contribution in [2.24, 2.45) is 5.73 Å². The van der Waals surface area contributed by atoms with Gasteiger partial charge in [0.25, 0.3) is 5.91 Å². The highest BCUT2D eigenvalue weighted by molar-refractivity contribution is 6.00. The Hall–Kier alpha value is -2.96. The number of nitrogens with zero attached hydrogens (tertiary/aromatic N) is 1. The number of carbonyl (C=O) groups is 3. The third kappa shape index (κ3) is 3.53. The molecule has 0 saturated heterocycles. The van der Waals surface area contributed by atoms with Gasteiger partial charge in [-0.3, -0.25) is 14.6 Å². The first-order valence-electron chi connectivity index (χ1n) is 6.14. The molecule has 4 N–H and O–H groups in total.